The number of fused-ring (bicyclic) bond motifs is 2. The predicted molar refractivity (Wildman–Crippen MR) is 111 cm³/mol. The molecule has 0 unspecified atom stereocenters. The third-order valence-corrected chi connectivity index (χ3v) is 5.79. The van der Waals surface area contributed by atoms with E-state index in [9.17, 15) is 10.1 Å². The van der Waals surface area contributed by atoms with Crippen LogP contribution in [0.5, 0.6) is 0 Å². The molecular weight excluding hydrogens is 400 g/mol. The number of rotatable bonds is 4. The van der Waals surface area contributed by atoms with Gasteiger partial charge in [0.2, 0.25) is 0 Å². The van der Waals surface area contributed by atoms with Gasteiger partial charge in [-0.05, 0) is 35.4 Å². The van der Waals surface area contributed by atoms with Gasteiger partial charge >= 0.3 is 0 Å². The van der Waals surface area contributed by atoms with Crippen molar-refractivity contribution in [2.75, 3.05) is 0 Å². The Morgan fingerprint density at radius 3 is 2.93 bits per heavy atom. The van der Waals surface area contributed by atoms with Crippen LogP contribution in [0.25, 0.3) is 11.0 Å². The van der Waals surface area contributed by atoms with Crippen molar-refractivity contribution < 1.29 is 4.79 Å². The molecule has 8 heteroatoms. The van der Waals surface area contributed by atoms with Crippen molar-refractivity contribution in [3.05, 3.63) is 87.7 Å². The third-order valence-electron chi connectivity index (χ3n) is 5.43. The Kier molecular flexibility index (Phi) is 4.42. The molecule has 3 heterocycles. The lowest BCUT2D eigenvalue weighted by Crippen LogP contribution is -2.29. The number of carbonyl (C=O) groups is 1. The minimum absolute atomic E-state index is 0.0469. The Morgan fingerprint density at radius 2 is 2.07 bits per heavy atom. The van der Waals surface area contributed by atoms with Gasteiger partial charge in [0, 0.05) is 35.3 Å². The zero-order chi connectivity index (χ0) is 20.7. The third kappa shape index (κ3) is 2.98. The molecule has 2 aromatic carbocycles. The molecule has 0 aliphatic carbocycles. The minimum Gasteiger partial charge on any atom is -0.327 e. The van der Waals surface area contributed by atoms with E-state index in [0.717, 1.165) is 22.2 Å². The van der Waals surface area contributed by atoms with E-state index in [1.807, 2.05) is 47.4 Å². The van der Waals surface area contributed by atoms with Crippen molar-refractivity contribution in [3.8, 4) is 6.07 Å². The first-order valence-corrected chi connectivity index (χ1v) is 9.76. The number of aromatic amines is 1. The largest absolute Gasteiger partial charge is 0.327 e. The molecule has 1 atom stereocenters. The zero-order valence-electron chi connectivity index (χ0n) is 15.7. The van der Waals surface area contributed by atoms with Crippen molar-refractivity contribution in [2.45, 2.75) is 19.0 Å². The summed E-state index contributed by atoms with van der Waals surface area (Å²) in [6.07, 6.45) is 1.92. The summed E-state index contributed by atoms with van der Waals surface area (Å²) in [6.45, 7) is 0.404. The molecule has 1 amide bonds. The van der Waals surface area contributed by atoms with E-state index in [4.69, 9.17) is 11.6 Å². The second-order valence-electron chi connectivity index (χ2n) is 7.14. The number of halogens is 1. The smallest absolute Gasteiger partial charge is 0.255 e. The Hall–Kier alpha value is -3.76. The van der Waals surface area contributed by atoms with Crippen molar-refractivity contribution in [3.63, 3.8) is 0 Å². The Bertz CT molecular complexity index is 1320. The number of H-pyrrole nitrogens is 1. The SMILES string of the molecule is N#Cc1nccc(Cl)c1C[C@H]1c2ccccc2C(=O)N1Cc1ccc2[nH]nnc2c1. The first-order chi connectivity index (χ1) is 14.7. The maximum Gasteiger partial charge on any atom is 0.255 e. The molecule has 1 aliphatic rings. The van der Waals surface area contributed by atoms with E-state index in [2.05, 4.69) is 26.5 Å². The molecule has 4 aromatic rings. The van der Waals surface area contributed by atoms with E-state index in [0.29, 0.717) is 29.1 Å². The lowest BCUT2D eigenvalue weighted by molar-refractivity contribution is 0.0709. The van der Waals surface area contributed by atoms with Gasteiger partial charge in [-0.3, -0.25) is 9.89 Å². The van der Waals surface area contributed by atoms with Gasteiger partial charge in [0.25, 0.3) is 5.91 Å². The fourth-order valence-corrected chi connectivity index (χ4v) is 4.21. The van der Waals surface area contributed by atoms with E-state index >= 15 is 0 Å². The van der Waals surface area contributed by atoms with Crippen LogP contribution in [0.2, 0.25) is 5.02 Å². The maximum absolute atomic E-state index is 13.2. The number of carbonyl (C=O) groups excluding carboxylic acids is 1. The lowest BCUT2D eigenvalue weighted by atomic mass is 9.97. The summed E-state index contributed by atoms with van der Waals surface area (Å²) >= 11 is 6.40. The summed E-state index contributed by atoms with van der Waals surface area (Å²) in [6, 6.07) is 16.9. The minimum atomic E-state index is -0.254. The van der Waals surface area contributed by atoms with Gasteiger partial charge in [-0.25, -0.2) is 4.98 Å². The Morgan fingerprint density at radius 1 is 1.20 bits per heavy atom. The van der Waals surface area contributed by atoms with Crippen molar-refractivity contribution in [2.24, 2.45) is 0 Å². The molecule has 0 bridgehead atoms. The summed E-state index contributed by atoms with van der Waals surface area (Å²) in [7, 11) is 0. The fourth-order valence-electron chi connectivity index (χ4n) is 3.98. The number of benzene rings is 2. The van der Waals surface area contributed by atoms with Crippen molar-refractivity contribution >= 4 is 28.5 Å². The van der Waals surface area contributed by atoms with Crippen LogP contribution in [-0.2, 0) is 13.0 Å². The second-order valence-corrected chi connectivity index (χ2v) is 7.54. The highest BCUT2D eigenvalue weighted by Crippen LogP contribution is 2.38. The van der Waals surface area contributed by atoms with Crippen molar-refractivity contribution in [1.82, 2.24) is 25.3 Å². The number of hydrogen-bond acceptors (Lipinski definition) is 5. The highest BCUT2D eigenvalue weighted by Gasteiger charge is 2.37. The zero-order valence-corrected chi connectivity index (χ0v) is 16.5. The van der Waals surface area contributed by atoms with Gasteiger partial charge in [-0.1, -0.05) is 41.1 Å². The number of hydrogen-bond donors (Lipinski definition) is 1. The first-order valence-electron chi connectivity index (χ1n) is 9.39. The highest BCUT2D eigenvalue weighted by atomic mass is 35.5. The summed E-state index contributed by atoms with van der Waals surface area (Å²) in [5.41, 5.74) is 5.05. The summed E-state index contributed by atoms with van der Waals surface area (Å²) in [4.78, 5) is 19.2. The van der Waals surface area contributed by atoms with Crippen LogP contribution in [0.3, 0.4) is 0 Å². The average Bonchev–Trinajstić information content (AvgIpc) is 3.33. The second kappa shape index (κ2) is 7.25. The molecule has 1 N–H and O–H groups in total. The van der Waals surface area contributed by atoms with Gasteiger partial charge in [0.05, 0.1) is 11.6 Å². The molecule has 5 rings (SSSR count). The number of nitriles is 1. The van der Waals surface area contributed by atoms with Crippen LogP contribution < -0.4 is 0 Å². The normalized spacial score (nSPS) is 15.4. The fraction of sp³-hybridized carbons (Fsp3) is 0.136. The summed E-state index contributed by atoms with van der Waals surface area (Å²) in [5.74, 6) is -0.0469. The molecule has 0 radical (unpaired) electrons. The van der Waals surface area contributed by atoms with Gasteiger partial charge in [-0.2, -0.15) is 5.26 Å². The summed E-state index contributed by atoms with van der Waals surface area (Å²) in [5, 5.41) is 20.7. The molecular formula is C22H15ClN6O. The van der Waals surface area contributed by atoms with Gasteiger partial charge < -0.3 is 4.90 Å². The molecule has 2 aromatic heterocycles. The number of nitrogens with zero attached hydrogens (tertiary/aromatic N) is 5. The predicted octanol–water partition coefficient (Wildman–Crippen LogP) is 3.82. The summed E-state index contributed by atoms with van der Waals surface area (Å²) < 4.78 is 0. The van der Waals surface area contributed by atoms with Crippen LogP contribution in [0.15, 0.2) is 54.7 Å². The highest BCUT2D eigenvalue weighted by molar-refractivity contribution is 6.31. The Labute approximate surface area is 176 Å². The van der Waals surface area contributed by atoms with E-state index in [1.54, 1.807) is 6.07 Å². The number of aromatic nitrogens is 4. The number of amides is 1. The van der Waals surface area contributed by atoms with Gasteiger partial charge in [-0.15, -0.1) is 5.10 Å². The topological polar surface area (TPSA) is 98.6 Å². The molecule has 0 fully saturated rings. The molecule has 146 valence electrons. The van der Waals surface area contributed by atoms with E-state index < -0.39 is 0 Å². The maximum atomic E-state index is 13.2. The molecule has 7 nitrogen and oxygen atoms in total. The van der Waals surface area contributed by atoms with Crippen LogP contribution in [0.1, 0.15) is 38.8 Å². The number of nitrogens with one attached hydrogen (secondary N) is 1. The molecule has 0 saturated carbocycles. The Balaban J connectivity index is 1.55. The molecule has 0 saturated heterocycles. The molecule has 0 spiro atoms. The van der Waals surface area contributed by atoms with E-state index in [-0.39, 0.29) is 17.6 Å². The van der Waals surface area contributed by atoms with Crippen molar-refractivity contribution in [1.29, 1.82) is 5.26 Å². The van der Waals surface area contributed by atoms with Crippen LogP contribution in [-0.4, -0.2) is 31.2 Å². The monoisotopic (exact) mass is 414 g/mol. The number of pyridine rings is 1. The average molecular weight is 415 g/mol. The van der Waals surface area contributed by atoms with E-state index in [1.165, 1.54) is 6.20 Å². The standard InChI is InChI=1S/C22H15ClN6O/c23-17-7-8-25-20(11-24)16(17)10-21-14-3-1-2-4-15(14)22(30)29(21)12-13-5-6-18-19(9-13)27-28-26-18/h1-9,21H,10,12H2,(H,26,27,28)/t21-/m0/s1. The van der Waals surface area contributed by atoms with Crippen LogP contribution in [0, 0.1) is 11.3 Å². The quantitative estimate of drug-likeness (QED) is 0.547. The van der Waals surface area contributed by atoms with Crippen LogP contribution >= 0.6 is 11.6 Å². The molecule has 1 aliphatic heterocycles. The lowest BCUT2D eigenvalue weighted by Gasteiger charge is -2.26. The van der Waals surface area contributed by atoms with Crippen LogP contribution in [0.4, 0.5) is 0 Å². The first kappa shape index (κ1) is 18.3. The van der Waals surface area contributed by atoms with Gasteiger partial charge in [0.15, 0.2) is 0 Å². The van der Waals surface area contributed by atoms with Gasteiger partial charge in [0.1, 0.15) is 17.3 Å². The molecule has 30 heavy (non-hydrogen) atoms.